The van der Waals surface area contributed by atoms with Crippen LogP contribution in [0.25, 0.3) is 0 Å². The molecule has 0 amide bonds. The van der Waals surface area contributed by atoms with Gasteiger partial charge in [0.15, 0.2) is 6.10 Å². The third-order valence-electron chi connectivity index (χ3n) is 18.6. The molecule has 17 rings (SSSR count). The standard InChI is InChI=1S/C26H30NO4S2.C18H20O3S2.C11H10O3S2.C9H11BrO.C7H13NO.BrH/c28-25(26(29,23-9-4-17-32-23)24-10-5-18-33-24)31-22-19-27(14-11-20(22)12-15-27)13-6-16-30-21-7-2-1-3-8-21;19-17(21-14-11-12-5-7-13(14)8-6-12)18(20,15-3-1-9-22-15)16-4-2-10-23-16;1-14-10(12)11(13,8-4-2-6-15-8)9-5-3-7-16-9;10-7-4-8-11-9-5-2-1-3-6-9;9-7-5-8-3-1-6(7)2-4-8;/h1-5,7-10,17-18,20,22,29H,6,11-16,19H2;1-4,9-10,12-14,20H,5-8,11H2;2-7,13H,1H3;1-3,5-6H,4,7-8H2;6-7,9H,1-5H2;1H/q+1;;;;;/p-1/t20?,22-,27?;12?,13?,14-;;;7-;/m00..0./s1. The monoisotopic (exact) mass is 1510 g/mol. The highest BCUT2D eigenvalue weighted by Gasteiger charge is 2.52. The van der Waals surface area contributed by atoms with Gasteiger partial charge in [0, 0.05) is 37.1 Å². The second-order valence-corrected chi connectivity index (χ2v) is 30.8. The van der Waals surface area contributed by atoms with Gasteiger partial charge in [0.1, 0.15) is 24.1 Å². The number of thiophene rings is 6. The summed E-state index contributed by atoms with van der Waals surface area (Å²) in [6.45, 7) is 8.96. The Morgan fingerprint density at radius 2 is 0.914 bits per heavy atom. The molecule has 22 heteroatoms. The van der Waals surface area contributed by atoms with Crippen LogP contribution in [0.4, 0.5) is 0 Å². The molecular weight excluding hydrogens is 1420 g/mol. The van der Waals surface area contributed by atoms with Crippen molar-refractivity contribution >= 4 is 102 Å². The highest BCUT2D eigenvalue weighted by atomic mass is 79.9. The van der Waals surface area contributed by atoms with E-state index in [0.29, 0.717) is 59.5 Å². The molecule has 8 aromatic rings. The third-order valence-corrected chi connectivity index (χ3v) is 25.0. The lowest BCUT2D eigenvalue weighted by molar-refractivity contribution is -0.946. The highest BCUT2D eigenvalue weighted by molar-refractivity contribution is 9.09. The van der Waals surface area contributed by atoms with Gasteiger partial charge >= 0.3 is 17.9 Å². The number of aliphatic hydroxyl groups excluding tert-OH is 1. The zero-order valence-corrected chi connectivity index (χ0v) is 60.3. The Labute approximate surface area is 589 Å². The molecule has 2 aromatic carbocycles. The molecule has 6 saturated heterocycles. The number of piperidine rings is 6. The number of benzene rings is 2. The Balaban J connectivity index is 0.000000148. The lowest BCUT2D eigenvalue weighted by Gasteiger charge is -2.52. The summed E-state index contributed by atoms with van der Waals surface area (Å²) in [4.78, 5) is 44.1. The number of nitrogens with zero attached hydrogens (tertiary/aromatic N) is 2. The fourth-order valence-electron chi connectivity index (χ4n) is 13.4. The Hall–Kier alpha value is -4.63. The maximum Gasteiger partial charge on any atom is 0.349 e. The quantitative estimate of drug-likeness (QED) is 0.0186. The fraction of sp³-hybridized carbons (Fsp3) is 0.451. The van der Waals surface area contributed by atoms with Gasteiger partial charge in [0.2, 0.25) is 16.8 Å². The molecule has 6 aliphatic heterocycles. The third kappa shape index (κ3) is 18.1. The first-order valence-corrected chi connectivity index (χ1v) is 38.2. The molecule has 3 saturated carbocycles. The molecular formula is C71H84Br2N2O12S6. The minimum Gasteiger partial charge on any atom is -1.00 e. The SMILES string of the molecule is BrCCCOc1ccccc1.COC(=O)C(O)(c1cccs1)c1cccs1.O=C(O[C@H]1CC2CCC1CC2)C(O)(c1cccs1)c1cccs1.O=C(O[C@H]1C[N+]2(CCCOc3ccccc3)CCC1CC2)C(O)(c1cccs1)c1cccs1.O[C@H]1CN2CCC1CC2.[Br-]. The molecule has 3 aliphatic carbocycles. The number of methoxy groups -OCH3 is 1. The predicted octanol–water partition coefficient (Wildman–Crippen LogP) is 11.0. The van der Waals surface area contributed by atoms with E-state index in [1.54, 1.807) is 36.4 Å². The molecule has 500 valence electrons. The summed E-state index contributed by atoms with van der Waals surface area (Å²) < 4.78 is 28.9. The smallest absolute Gasteiger partial charge is 0.349 e. The summed E-state index contributed by atoms with van der Waals surface area (Å²) in [7, 11) is 1.27. The maximum atomic E-state index is 13.4. The van der Waals surface area contributed by atoms with Crippen molar-refractivity contribution in [3.8, 4) is 11.5 Å². The average Bonchev–Trinajstić information content (AvgIpc) is 1.66. The van der Waals surface area contributed by atoms with Crippen molar-refractivity contribution in [2.75, 3.05) is 71.5 Å². The van der Waals surface area contributed by atoms with Crippen LogP contribution in [0.3, 0.4) is 0 Å². The zero-order valence-electron chi connectivity index (χ0n) is 52.2. The Morgan fingerprint density at radius 3 is 1.25 bits per heavy atom. The van der Waals surface area contributed by atoms with E-state index in [2.05, 4.69) is 25.6 Å². The minimum atomic E-state index is -1.73. The number of quaternary nitrogens is 1. The zero-order chi connectivity index (χ0) is 64.4. The first kappa shape index (κ1) is 72.6. The number of halogens is 2. The van der Waals surface area contributed by atoms with E-state index in [9.17, 15) is 34.8 Å². The second kappa shape index (κ2) is 35.0. The number of carbonyl (C=O) groups excluding carboxylic acids is 3. The topological polar surface area (TPSA) is 182 Å². The lowest BCUT2D eigenvalue weighted by atomic mass is 9.69. The number of ether oxygens (including phenoxy) is 5. The molecule has 3 atom stereocenters. The number of alkyl halides is 1. The Morgan fingerprint density at radius 1 is 0.516 bits per heavy atom. The van der Waals surface area contributed by atoms with E-state index >= 15 is 0 Å². The highest BCUT2D eigenvalue weighted by Crippen LogP contribution is 2.46. The van der Waals surface area contributed by atoms with E-state index in [-0.39, 0.29) is 35.3 Å². The van der Waals surface area contributed by atoms with Gasteiger partial charge in [-0.2, -0.15) is 0 Å². The molecule has 0 spiro atoms. The van der Waals surface area contributed by atoms with Gasteiger partial charge in [0.25, 0.3) is 0 Å². The summed E-state index contributed by atoms with van der Waals surface area (Å²) in [5.74, 6) is 2.32. The summed E-state index contributed by atoms with van der Waals surface area (Å²) in [6, 6.07) is 41.5. The average molecular weight is 1510 g/mol. The molecule has 4 N–H and O–H groups in total. The largest absolute Gasteiger partial charge is 1.00 e. The number of para-hydroxylation sites is 2. The number of carbonyl (C=O) groups is 3. The van der Waals surface area contributed by atoms with Crippen LogP contribution in [0.5, 0.6) is 11.5 Å². The van der Waals surface area contributed by atoms with Crippen LogP contribution < -0.4 is 26.5 Å². The van der Waals surface area contributed by atoms with Crippen LogP contribution >= 0.6 is 84.0 Å². The summed E-state index contributed by atoms with van der Waals surface area (Å²) in [5, 5.41) is 54.9. The van der Waals surface area contributed by atoms with Crippen molar-refractivity contribution in [2.45, 2.75) is 106 Å². The van der Waals surface area contributed by atoms with Crippen molar-refractivity contribution in [1.29, 1.82) is 0 Å². The van der Waals surface area contributed by atoms with Crippen molar-refractivity contribution in [3.63, 3.8) is 0 Å². The first-order valence-electron chi connectivity index (χ1n) is 31.8. The van der Waals surface area contributed by atoms with E-state index in [1.165, 1.54) is 114 Å². The molecule has 6 bridgehead atoms. The van der Waals surface area contributed by atoms with Gasteiger partial charge in [-0.3, -0.25) is 0 Å². The normalized spacial score (nSPS) is 23.3. The van der Waals surface area contributed by atoms with Gasteiger partial charge in [-0.15, -0.1) is 68.0 Å². The van der Waals surface area contributed by atoms with E-state index < -0.39 is 34.7 Å². The summed E-state index contributed by atoms with van der Waals surface area (Å²) >= 11 is 11.5. The van der Waals surface area contributed by atoms with Crippen LogP contribution in [0.2, 0.25) is 0 Å². The molecule has 9 fully saturated rings. The molecule has 14 nitrogen and oxygen atoms in total. The molecule has 93 heavy (non-hydrogen) atoms. The van der Waals surface area contributed by atoms with E-state index in [0.717, 1.165) is 106 Å². The van der Waals surface area contributed by atoms with Gasteiger partial charge in [-0.05, 0) is 175 Å². The molecule has 9 aliphatic rings. The van der Waals surface area contributed by atoms with Crippen LogP contribution in [-0.2, 0) is 45.4 Å². The minimum absolute atomic E-state index is 0. The molecule has 6 aromatic heterocycles. The Kier molecular flexibility index (Phi) is 27.4. The number of rotatable bonds is 20. The van der Waals surface area contributed by atoms with E-state index in [4.69, 9.17) is 18.9 Å². The first-order chi connectivity index (χ1) is 44.7. The van der Waals surface area contributed by atoms with Gasteiger partial charge in [-0.1, -0.05) is 88.7 Å². The summed E-state index contributed by atoms with van der Waals surface area (Å²) in [6.07, 6.45) is 12.2. The van der Waals surface area contributed by atoms with Crippen LogP contribution in [0.1, 0.15) is 99.9 Å². The van der Waals surface area contributed by atoms with Gasteiger partial charge in [-0.25, -0.2) is 14.4 Å². The summed E-state index contributed by atoms with van der Waals surface area (Å²) in [5.41, 5.74) is -5.07. The van der Waals surface area contributed by atoms with Gasteiger partial charge in [0.05, 0.1) is 75.3 Å². The van der Waals surface area contributed by atoms with E-state index in [1.807, 2.05) is 129 Å². The molecule has 0 unspecified atom stereocenters. The number of hydrogen-bond acceptors (Lipinski definition) is 19. The number of esters is 3. The predicted molar refractivity (Wildman–Crippen MR) is 371 cm³/mol. The number of aliphatic hydroxyl groups is 4. The Bertz CT molecular complexity index is 3290. The molecule has 12 heterocycles. The number of fused-ring (bicyclic) bond motifs is 9. The lowest BCUT2D eigenvalue weighted by Crippen LogP contribution is -3.00. The number of hydrogen-bond donors (Lipinski definition) is 4. The molecule has 0 radical (unpaired) electrons. The fourth-order valence-corrected chi connectivity index (χ4v) is 18.8. The second-order valence-electron chi connectivity index (χ2n) is 24.3. The van der Waals surface area contributed by atoms with Crippen molar-refractivity contribution in [2.24, 2.45) is 23.7 Å². The maximum absolute atomic E-state index is 13.4. The van der Waals surface area contributed by atoms with Crippen molar-refractivity contribution in [1.82, 2.24) is 4.90 Å². The van der Waals surface area contributed by atoms with Crippen LogP contribution in [0, 0.1) is 23.7 Å². The van der Waals surface area contributed by atoms with Gasteiger partial charge < -0.3 is 70.5 Å². The van der Waals surface area contributed by atoms with Crippen molar-refractivity contribution in [3.05, 3.63) is 195 Å². The van der Waals surface area contributed by atoms with Crippen LogP contribution in [0.15, 0.2) is 166 Å². The van der Waals surface area contributed by atoms with Crippen molar-refractivity contribution < 1.29 is 80.0 Å². The van der Waals surface area contributed by atoms with Crippen LogP contribution in [-0.4, -0.2) is 137 Å².